The van der Waals surface area contributed by atoms with Crippen molar-refractivity contribution in [3.8, 4) is 0 Å². The lowest BCUT2D eigenvalue weighted by Crippen LogP contribution is -2.27. The Balaban J connectivity index is 2.00. The van der Waals surface area contributed by atoms with Crippen LogP contribution in [-0.4, -0.2) is 24.1 Å². The fraction of sp³-hybridized carbons (Fsp3) is 0.706. The summed E-state index contributed by atoms with van der Waals surface area (Å²) in [5, 5.41) is 3.50. The Morgan fingerprint density at radius 3 is 2.65 bits per heavy atom. The molecule has 1 heterocycles. The smallest absolute Gasteiger partial charge is 0.129 e. The minimum atomic E-state index is 0.692. The molecule has 1 saturated carbocycles. The first-order valence-corrected chi connectivity index (χ1v) is 8.05. The molecule has 1 N–H and O–H groups in total. The summed E-state index contributed by atoms with van der Waals surface area (Å²) in [7, 11) is 0. The van der Waals surface area contributed by atoms with Crippen LogP contribution in [0.15, 0.2) is 12.1 Å². The van der Waals surface area contributed by atoms with Crippen LogP contribution in [0.3, 0.4) is 0 Å². The highest BCUT2D eigenvalue weighted by Gasteiger charge is 2.29. The van der Waals surface area contributed by atoms with E-state index in [1.165, 1.54) is 36.3 Å². The third kappa shape index (κ3) is 4.20. The van der Waals surface area contributed by atoms with Crippen molar-refractivity contribution in [2.75, 3.05) is 18.0 Å². The Labute approximate surface area is 123 Å². The van der Waals surface area contributed by atoms with Gasteiger partial charge in [-0.2, -0.15) is 0 Å². The van der Waals surface area contributed by atoms with Crippen LogP contribution in [0.2, 0.25) is 0 Å². The highest BCUT2D eigenvalue weighted by molar-refractivity contribution is 5.44. The van der Waals surface area contributed by atoms with Crippen molar-refractivity contribution >= 4 is 5.82 Å². The molecule has 1 aromatic heterocycles. The van der Waals surface area contributed by atoms with Crippen molar-refractivity contribution in [3.63, 3.8) is 0 Å². The van der Waals surface area contributed by atoms with Gasteiger partial charge in [0.25, 0.3) is 0 Å². The second-order valence-electron chi connectivity index (χ2n) is 6.36. The molecule has 0 atom stereocenters. The molecule has 112 valence electrons. The van der Waals surface area contributed by atoms with Gasteiger partial charge in [-0.05, 0) is 50.3 Å². The molecule has 0 spiro atoms. The molecule has 0 radical (unpaired) electrons. The van der Waals surface area contributed by atoms with Gasteiger partial charge in [-0.3, -0.25) is 0 Å². The molecule has 0 aromatic carbocycles. The van der Waals surface area contributed by atoms with Gasteiger partial charge < -0.3 is 10.2 Å². The van der Waals surface area contributed by atoms with E-state index in [9.17, 15) is 0 Å². The number of hydrogen-bond donors (Lipinski definition) is 1. The minimum absolute atomic E-state index is 0.692. The van der Waals surface area contributed by atoms with Crippen LogP contribution < -0.4 is 10.2 Å². The fourth-order valence-corrected chi connectivity index (χ4v) is 2.53. The van der Waals surface area contributed by atoms with Crippen LogP contribution >= 0.6 is 0 Å². The first-order valence-electron chi connectivity index (χ1n) is 8.05. The van der Waals surface area contributed by atoms with Crippen LogP contribution in [0, 0.1) is 12.8 Å². The van der Waals surface area contributed by atoms with E-state index >= 15 is 0 Å². The summed E-state index contributed by atoms with van der Waals surface area (Å²) in [4.78, 5) is 7.32. The molecule has 1 aliphatic carbocycles. The van der Waals surface area contributed by atoms with Crippen molar-refractivity contribution in [2.45, 2.75) is 59.5 Å². The Bertz CT molecular complexity index is 424. The van der Waals surface area contributed by atoms with E-state index < -0.39 is 0 Å². The molecule has 1 aromatic rings. The predicted octanol–water partition coefficient (Wildman–Crippen LogP) is 3.51. The molecule has 0 aliphatic heterocycles. The van der Waals surface area contributed by atoms with Gasteiger partial charge in [0.1, 0.15) is 5.82 Å². The van der Waals surface area contributed by atoms with Crippen LogP contribution in [0.4, 0.5) is 5.82 Å². The maximum absolute atomic E-state index is 4.84. The first kappa shape index (κ1) is 15.3. The van der Waals surface area contributed by atoms with Crippen molar-refractivity contribution in [1.82, 2.24) is 10.3 Å². The summed E-state index contributed by atoms with van der Waals surface area (Å²) in [5.41, 5.74) is 2.49. The van der Waals surface area contributed by atoms with Gasteiger partial charge >= 0.3 is 0 Å². The number of nitrogens with zero attached hydrogens (tertiary/aromatic N) is 2. The van der Waals surface area contributed by atoms with Gasteiger partial charge in [-0.1, -0.05) is 26.8 Å². The Kier molecular flexibility index (Phi) is 5.41. The topological polar surface area (TPSA) is 28.2 Å². The molecule has 3 heteroatoms. The van der Waals surface area contributed by atoms with Gasteiger partial charge in [-0.15, -0.1) is 0 Å². The molecule has 0 saturated heterocycles. The van der Waals surface area contributed by atoms with Crippen LogP contribution in [-0.2, 0) is 6.54 Å². The monoisotopic (exact) mass is 275 g/mol. The largest absolute Gasteiger partial charge is 0.354 e. The molecule has 2 rings (SSSR count). The summed E-state index contributed by atoms with van der Waals surface area (Å²) >= 11 is 0. The summed E-state index contributed by atoms with van der Waals surface area (Å²) < 4.78 is 0. The van der Waals surface area contributed by atoms with E-state index in [0.717, 1.165) is 25.7 Å². The number of hydrogen-bond acceptors (Lipinski definition) is 3. The molecule has 0 unspecified atom stereocenters. The van der Waals surface area contributed by atoms with E-state index in [1.54, 1.807) is 0 Å². The van der Waals surface area contributed by atoms with Gasteiger partial charge in [-0.25, -0.2) is 4.98 Å². The van der Waals surface area contributed by atoms with Crippen LogP contribution in [0.5, 0.6) is 0 Å². The van der Waals surface area contributed by atoms with Crippen LogP contribution in [0.1, 0.15) is 51.3 Å². The number of aryl methyl sites for hydroxylation is 1. The third-order valence-corrected chi connectivity index (χ3v) is 3.80. The Morgan fingerprint density at radius 2 is 2.10 bits per heavy atom. The van der Waals surface area contributed by atoms with E-state index in [2.05, 4.69) is 50.0 Å². The van der Waals surface area contributed by atoms with Crippen molar-refractivity contribution < 1.29 is 0 Å². The molecule has 3 nitrogen and oxygen atoms in total. The summed E-state index contributed by atoms with van der Waals surface area (Å²) in [6, 6.07) is 5.19. The normalized spacial score (nSPS) is 14.8. The number of aromatic nitrogens is 1. The highest BCUT2D eigenvalue weighted by atomic mass is 15.2. The SMILES string of the molecule is CCCN(c1ccc(CNCC(C)C)c(C)n1)C1CC1. The predicted molar refractivity (Wildman–Crippen MR) is 86.2 cm³/mol. The molecule has 20 heavy (non-hydrogen) atoms. The van der Waals surface area contributed by atoms with Crippen molar-refractivity contribution in [3.05, 3.63) is 23.4 Å². The standard InChI is InChI=1S/C17H29N3/c1-5-10-20(16-7-8-16)17-9-6-15(14(4)19-17)12-18-11-13(2)3/h6,9,13,16,18H,5,7-8,10-12H2,1-4H3. The summed E-state index contributed by atoms with van der Waals surface area (Å²) in [6.45, 7) is 12.0. The van der Waals surface area contributed by atoms with Gasteiger partial charge in [0.15, 0.2) is 0 Å². The fourth-order valence-electron chi connectivity index (χ4n) is 2.53. The average molecular weight is 275 g/mol. The second-order valence-corrected chi connectivity index (χ2v) is 6.36. The Morgan fingerprint density at radius 1 is 1.35 bits per heavy atom. The summed E-state index contributed by atoms with van der Waals surface area (Å²) in [5.74, 6) is 1.86. The minimum Gasteiger partial charge on any atom is -0.354 e. The van der Waals surface area contributed by atoms with Gasteiger partial charge in [0, 0.05) is 24.8 Å². The summed E-state index contributed by atoms with van der Waals surface area (Å²) in [6.07, 6.45) is 3.85. The molecular formula is C17H29N3. The zero-order valence-corrected chi connectivity index (χ0v) is 13.4. The van der Waals surface area contributed by atoms with E-state index in [0.29, 0.717) is 5.92 Å². The Hall–Kier alpha value is -1.09. The molecule has 0 amide bonds. The average Bonchev–Trinajstić information content (AvgIpc) is 3.22. The molecule has 1 aliphatic rings. The van der Waals surface area contributed by atoms with Crippen LogP contribution in [0.25, 0.3) is 0 Å². The van der Waals surface area contributed by atoms with E-state index in [-0.39, 0.29) is 0 Å². The zero-order chi connectivity index (χ0) is 14.5. The highest BCUT2D eigenvalue weighted by Crippen LogP contribution is 2.31. The lowest BCUT2D eigenvalue weighted by Gasteiger charge is -2.23. The maximum Gasteiger partial charge on any atom is 0.129 e. The molecular weight excluding hydrogens is 246 g/mol. The molecule has 1 fully saturated rings. The quantitative estimate of drug-likeness (QED) is 0.787. The first-order chi connectivity index (χ1) is 9.61. The van der Waals surface area contributed by atoms with E-state index in [1.807, 2.05) is 0 Å². The van der Waals surface area contributed by atoms with E-state index in [4.69, 9.17) is 4.98 Å². The zero-order valence-electron chi connectivity index (χ0n) is 13.4. The number of nitrogens with one attached hydrogen (secondary N) is 1. The lowest BCUT2D eigenvalue weighted by atomic mass is 10.1. The van der Waals surface area contributed by atoms with Crippen molar-refractivity contribution in [2.24, 2.45) is 5.92 Å². The number of anilines is 1. The number of pyridine rings is 1. The number of rotatable bonds is 8. The second kappa shape index (κ2) is 7.07. The lowest BCUT2D eigenvalue weighted by molar-refractivity contribution is 0.551. The maximum atomic E-state index is 4.84. The van der Waals surface area contributed by atoms with Crippen molar-refractivity contribution in [1.29, 1.82) is 0 Å². The van der Waals surface area contributed by atoms with Gasteiger partial charge in [0.2, 0.25) is 0 Å². The third-order valence-electron chi connectivity index (χ3n) is 3.80. The van der Waals surface area contributed by atoms with Gasteiger partial charge in [0.05, 0.1) is 0 Å². The molecule has 0 bridgehead atoms.